The van der Waals surface area contributed by atoms with E-state index >= 15 is 0 Å². The number of halogens is 3. The molecule has 0 aliphatic heterocycles. The first kappa shape index (κ1) is 22.9. The molecular weight excluding hydrogens is 429 g/mol. The van der Waals surface area contributed by atoms with Gasteiger partial charge in [0.05, 0.1) is 10.5 Å². The Kier molecular flexibility index (Phi) is 6.56. The second-order valence-corrected chi connectivity index (χ2v) is 7.17. The van der Waals surface area contributed by atoms with Gasteiger partial charge in [0.15, 0.2) is 0 Å². The summed E-state index contributed by atoms with van der Waals surface area (Å²) in [6, 6.07) is 8.77. The molecule has 1 aromatic heterocycles. The maximum atomic E-state index is 12.7. The number of nitrogens with zero attached hydrogens (tertiary/aromatic N) is 3. The van der Waals surface area contributed by atoms with E-state index in [1.807, 2.05) is 13.8 Å². The van der Waals surface area contributed by atoms with Crippen LogP contribution in [0.4, 0.5) is 18.9 Å². The predicted octanol–water partition coefficient (Wildman–Crippen LogP) is 5.18. The molecule has 3 rings (SSSR count). The number of aromatic nitrogens is 2. The van der Waals surface area contributed by atoms with E-state index in [1.54, 1.807) is 0 Å². The minimum Gasteiger partial charge on any atom is -0.340 e. The fourth-order valence-electron chi connectivity index (χ4n) is 2.93. The van der Waals surface area contributed by atoms with Crippen LogP contribution in [-0.4, -0.2) is 21.0 Å². The number of rotatable bonds is 7. The fraction of sp³-hybridized carbons (Fsp3) is 0.286. The van der Waals surface area contributed by atoms with Gasteiger partial charge in [-0.25, -0.2) is 0 Å². The van der Waals surface area contributed by atoms with Crippen molar-refractivity contribution >= 4 is 11.6 Å². The first-order valence-corrected chi connectivity index (χ1v) is 9.66. The van der Waals surface area contributed by atoms with Crippen molar-refractivity contribution in [2.45, 2.75) is 32.5 Å². The molecular formula is C21H19F3N4O4. The molecule has 11 heteroatoms. The maximum absolute atomic E-state index is 12.7. The molecule has 0 spiro atoms. The molecule has 0 radical (unpaired) electrons. The van der Waals surface area contributed by atoms with E-state index < -0.39 is 28.6 Å². The van der Waals surface area contributed by atoms with Gasteiger partial charge in [0, 0.05) is 23.3 Å². The second kappa shape index (κ2) is 9.16. The zero-order chi connectivity index (χ0) is 23.5. The molecule has 0 aliphatic carbocycles. The first-order chi connectivity index (χ1) is 15.1. The van der Waals surface area contributed by atoms with Gasteiger partial charge in [-0.05, 0) is 42.3 Å². The smallest absolute Gasteiger partial charge is 0.340 e. The topological polar surface area (TPSA) is 111 Å². The molecule has 1 amide bonds. The van der Waals surface area contributed by atoms with Crippen molar-refractivity contribution in [3.8, 4) is 11.4 Å². The maximum Gasteiger partial charge on any atom is 0.416 e. The number of non-ortho nitro benzene ring substituents is 1. The summed E-state index contributed by atoms with van der Waals surface area (Å²) in [5, 5.41) is 17.4. The standard InChI is InChI=1S/C21H19F3N4O4/c1-3-12(2)17(25-19(29)14-4-8-15(9-5-14)21(22,23)24)20-26-18(27-32-20)13-6-10-16(11-7-13)28(30)31/h4-12,17H,3H2,1-2H3,(H,25,29)/t12-,17+/m0/s1. The number of carbonyl (C=O) groups is 1. The second-order valence-electron chi connectivity index (χ2n) is 7.17. The van der Waals surface area contributed by atoms with Crippen LogP contribution in [0, 0.1) is 16.0 Å². The number of benzene rings is 2. The van der Waals surface area contributed by atoms with Gasteiger partial charge in [0.1, 0.15) is 6.04 Å². The zero-order valence-corrected chi connectivity index (χ0v) is 17.1. The molecule has 0 saturated heterocycles. The van der Waals surface area contributed by atoms with E-state index in [0.717, 1.165) is 24.3 Å². The highest BCUT2D eigenvalue weighted by Gasteiger charge is 2.31. The van der Waals surface area contributed by atoms with Crippen molar-refractivity contribution in [3.63, 3.8) is 0 Å². The van der Waals surface area contributed by atoms with Gasteiger partial charge >= 0.3 is 6.18 Å². The Labute approximate surface area is 180 Å². The Morgan fingerprint density at radius 3 is 2.31 bits per heavy atom. The van der Waals surface area contributed by atoms with Gasteiger partial charge in [0.2, 0.25) is 11.7 Å². The fourth-order valence-corrected chi connectivity index (χ4v) is 2.93. The Morgan fingerprint density at radius 2 is 1.78 bits per heavy atom. The average Bonchev–Trinajstić information content (AvgIpc) is 3.26. The molecule has 2 atom stereocenters. The molecule has 1 N–H and O–H groups in total. The van der Waals surface area contributed by atoms with E-state index in [9.17, 15) is 28.1 Å². The first-order valence-electron chi connectivity index (χ1n) is 9.66. The zero-order valence-electron chi connectivity index (χ0n) is 17.1. The van der Waals surface area contributed by atoms with Crippen LogP contribution >= 0.6 is 0 Å². The lowest BCUT2D eigenvalue weighted by molar-refractivity contribution is -0.384. The van der Waals surface area contributed by atoms with Crippen molar-refractivity contribution in [1.29, 1.82) is 0 Å². The van der Waals surface area contributed by atoms with Gasteiger partial charge in [-0.2, -0.15) is 18.2 Å². The summed E-state index contributed by atoms with van der Waals surface area (Å²) in [5.41, 5.74) is -0.389. The summed E-state index contributed by atoms with van der Waals surface area (Å²) in [6.45, 7) is 3.75. The van der Waals surface area contributed by atoms with Crippen molar-refractivity contribution < 1.29 is 27.4 Å². The third kappa shape index (κ3) is 5.10. The third-order valence-electron chi connectivity index (χ3n) is 5.02. The van der Waals surface area contributed by atoms with Gasteiger partial charge in [-0.15, -0.1) is 0 Å². The molecule has 32 heavy (non-hydrogen) atoms. The molecule has 8 nitrogen and oxygen atoms in total. The predicted molar refractivity (Wildman–Crippen MR) is 107 cm³/mol. The van der Waals surface area contributed by atoms with Crippen LogP contribution in [0.3, 0.4) is 0 Å². The van der Waals surface area contributed by atoms with Crippen LogP contribution in [0.25, 0.3) is 11.4 Å². The van der Waals surface area contributed by atoms with Crippen LogP contribution in [0.5, 0.6) is 0 Å². The van der Waals surface area contributed by atoms with Gasteiger partial charge < -0.3 is 9.84 Å². The Morgan fingerprint density at radius 1 is 1.16 bits per heavy atom. The van der Waals surface area contributed by atoms with Crippen LogP contribution < -0.4 is 5.32 Å². The SMILES string of the molecule is CC[C@H](C)[C@@H](NC(=O)c1ccc(C(F)(F)F)cc1)c1nc(-c2ccc([N+](=O)[O-])cc2)no1. The Hall–Kier alpha value is -3.76. The minimum atomic E-state index is -4.49. The van der Waals surface area contributed by atoms with Crippen molar-refractivity contribution in [2.24, 2.45) is 5.92 Å². The highest BCUT2D eigenvalue weighted by molar-refractivity contribution is 5.94. The number of nitro benzene ring substituents is 1. The van der Waals surface area contributed by atoms with Crippen LogP contribution in [0.2, 0.25) is 0 Å². The summed E-state index contributed by atoms with van der Waals surface area (Å²) in [4.78, 5) is 27.2. The molecule has 2 aromatic carbocycles. The summed E-state index contributed by atoms with van der Waals surface area (Å²) >= 11 is 0. The summed E-state index contributed by atoms with van der Waals surface area (Å²) < 4.78 is 43.6. The highest BCUT2D eigenvalue weighted by atomic mass is 19.4. The lowest BCUT2D eigenvalue weighted by Crippen LogP contribution is -2.32. The number of alkyl halides is 3. The molecule has 0 unspecified atom stereocenters. The van der Waals surface area contributed by atoms with Crippen LogP contribution in [0.15, 0.2) is 53.1 Å². The van der Waals surface area contributed by atoms with Crippen LogP contribution in [0.1, 0.15) is 48.1 Å². The Balaban J connectivity index is 1.81. The lowest BCUT2D eigenvalue weighted by atomic mass is 9.98. The summed E-state index contributed by atoms with van der Waals surface area (Å²) in [5.74, 6) is -0.405. The molecule has 3 aromatic rings. The third-order valence-corrected chi connectivity index (χ3v) is 5.02. The Bertz CT molecular complexity index is 1100. The molecule has 0 bridgehead atoms. The van der Waals surface area contributed by atoms with E-state index in [1.165, 1.54) is 24.3 Å². The van der Waals surface area contributed by atoms with Crippen molar-refractivity contribution in [1.82, 2.24) is 15.5 Å². The number of hydrogen-bond donors (Lipinski definition) is 1. The largest absolute Gasteiger partial charge is 0.416 e. The summed E-state index contributed by atoms with van der Waals surface area (Å²) in [6.07, 6.45) is -3.85. The molecule has 0 aliphatic rings. The van der Waals surface area contributed by atoms with E-state index in [-0.39, 0.29) is 28.9 Å². The lowest BCUT2D eigenvalue weighted by Gasteiger charge is -2.21. The number of nitro groups is 1. The van der Waals surface area contributed by atoms with Crippen LogP contribution in [-0.2, 0) is 6.18 Å². The molecule has 168 valence electrons. The van der Waals surface area contributed by atoms with Gasteiger partial charge in [0.25, 0.3) is 11.6 Å². The number of carbonyl (C=O) groups excluding carboxylic acids is 1. The van der Waals surface area contributed by atoms with Gasteiger partial charge in [-0.1, -0.05) is 25.4 Å². The quantitative estimate of drug-likeness (QED) is 0.394. The van der Waals surface area contributed by atoms with Crippen molar-refractivity contribution in [2.75, 3.05) is 0 Å². The molecule has 1 heterocycles. The summed E-state index contributed by atoms with van der Waals surface area (Å²) in [7, 11) is 0. The highest BCUT2D eigenvalue weighted by Crippen LogP contribution is 2.30. The minimum absolute atomic E-state index is 0.0569. The molecule has 0 saturated carbocycles. The van der Waals surface area contributed by atoms with Crippen molar-refractivity contribution in [3.05, 3.63) is 75.7 Å². The molecule has 0 fully saturated rings. The van der Waals surface area contributed by atoms with E-state index in [0.29, 0.717) is 12.0 Å². The number of hydrogen-bond acceptors (Lipinski definition) is 6. The monoisotopic (exact) mass is 448 g/mol. The number of amides is 1. The number of nitrogens with one attached hydrogen (secondary N) is 1. The normalized spacial score (nSPS) is 13.4. The van der Waals surface area contributed by atoms with E-state index in [4.69, 9.17) is 4.52 Å². The average molecular weight is 448 g/mol. The van der Waals surface area contributed by atoms with Gasteiger partial charge in [-0.3, -0.25) is 14.9 Å². The van der Waals surface area contributed by atoms with E-state index in [2.05, 4.69) is 15.5 Å².